The number of hydrogen-bond acceptors (Lipinski definition) is 9. The maximum atomic E-state index is 14.4. The molecule has 0 saturated carbocycles. The Morgan fingerprint density at radius 1 is 1.02 bits per heavy atom. The second kappa shape index (κ2) is 16.6. The molecule has 5 rings (SSSR count). The first kappa shape index (κ1) is 37.7. The lowest BCUT2D eigenvalue weighted by Gasteiger charge is -2.35. The summed E-state index contributed by atoms with van der Waals surface area (Å²) in [6.07, 6.45) is 1.39. The van der Waals surface area contributed by atoms with Crippen molar-refractivity contribution in [3.05, 3.63) is 72.0 Å². The van der Waals surface area contributed by atoms with Crippen molar-refractivity contribution in [3.8, 4) is 17.2 Å². The monoisotopic (exact) mass is 728 g/mol. The van der Waals surface area contributed by atoms with Crippen molar-refractivity contribution >= 4 is 33.3 Å². The quantitative estimate of drug-likeness (QED) is 0.280. The third-order valence-electron chi connectivity index (χ3n) is 8.85. The van der Waals surface area contributed by atoms with E-state index in [4.69, 9.17) is 18.9 Å². The van der Waals surface area contributed by atoms with E-state index in [9.17, 15) is 27.5 Å². The van der Waals surface area contributed by atoms with Crippen molar-refractivity contribution in [1.29, 1.82) is 0 Å². The summed E-state index contributed by atoms with van der Waals surface area (Å²) in [4.78, 5) is 30.5. The normalized spacial score (nSPS) is 20.4. The van der Waals surface area contributed by atoms with Crippen LogP contribution in [0.25, 0.3) is 0 Å². The summed E-state index contributed by atoms with van der Waals surface area (Å²) in [7, 11) is -2.45. The number of amides is 3. The zero-order valence-electron chi connectivity index (χ0n) is 29.1. The van der Waals surface area contributed by atoms with E-state index in [1.54, 1.807) is 38.2 Å². The zero-order valence-corrected chi connectivity index (χ0v) is 30.0. The fourth-order valence-electron chi connectivity index (χ4n) is 5.82. The van der Waals surface area contributed by atoms with Crippen LogP contribution in [-0.4, -0.2) is 93.7 Å². The highest BCUT2D eigenvalue weighted by Crippen LogP contribution is 2.34. The number of fused-ring (bicyclic) bond motifs is 2. The average Bonchev–Trinajstić information content (AvgIpc) is 3.57. The van der Waals surface area contributed by atoms with E-state index >= 15 is 0 Å². The number of aliphatic hydroxyl groups is 1. The number of rotatable bonds is 8. The second-order valence-electron chi connectivity index (χ2n) is 12.9. The van der Waals surface area contributed by atoms with Crippen LogP contribution in [0, 0.1) is 11.7 Å². The third kappa shape index (κ3) is 9.60. The fourth-order valence-corrected chi connectivity index (χ4v) is 6.87. The molecule has 0 bridgehead atoms. The highest BCUT2D eigenvalue weighted by atomic mass is 32.2. The van der Waals surface area contributed by atoms with Crippen LogP contribution >= 0.6 is 0 Å². The molecule has 0 unspecified atom stereocenters. The van der Waals surface area contributed by atoms with E-state index in [0.29, 0.717) is 30.2 Å². The molecule has 0 fully saturated rings. The van der Waals surface area contributed by atoms with Gasteiger partial charge < -0.3 is 39.2 Å². The Morgan fingerprint density at radius 3 is 2.47 bits per heavy atom. The number of likely N-dealkylation sites (N-methyl/N-ethyl adjacent to an activating group) is 1. The zero-order chi connectivity index (χ0) is 36.7. The Hall–Kier alpha value is -4.60. The topological polar surface area (TPSA) is 156 Å². The van der Waals surface area contributed by atoms with Gasteiger partial charge in [0, 0.05) is 50.1 Å². The van der Waals surface area contributed by atoms with Gasteiger partial charge in [-0.2, -0.15) is 0 Å². The number of benzene rings is 3. The van der Waals surface area contributed by atoms with Gasteiger partial charge >= 0.3 is 6.03 Å². The van der Waals surface area contributed by atoms with Gasteiger partial charge in [-0.25, -0.2) is 17.6 Å². The SMILES string of the molecule is C[C@@H]1CCCCO[C@H](CN(C)C(=O)Nc2ccc3c(c2)OCO3)[C@H](C)CN([C@H](C)CO)C(=O)c2cc(NS(=O)(=O)c3ccc(F)cc3)ccc2O1. The summed E-state index contributed by atoms with van der Waals surface area (Å²) in [5.41, 5.74) is 0.743. The summed E-state index contributed by atoms with van der Waals surface area (Å²) in [5, 5.41) is 13.1. The summed E-state index contributed by atoms with van der Waals surface area (Å²) in [6.45, 7) is 6.06. The van der Waals surface area contributed by atoms with E-state index in [1.165, 1.54) is 21.9 Å². The van der Waals surface area contributed by atoms with Crippen LogP contribution in [0.5, 0.6) is 17.2 Å². The van der Waals surface area contributed by atoms with Crippen LogP contribution < -0.4 is 24.2 Å². The molecule has 0 aromatic heterocycles. The number of anilines is 2. The summed E-state index contributed by atoms with van der Waals surface area (Å²) >= 11 is 0. The Morgan fingerprint density at radius 2 is 1.73 bits per heavy atom. The molecule has 3 N–H and O–H groups in total. The largest absolute Gasteiger partial charge is 0.490 e. The Kier molecular flexibility index (Phi) is 12.3. The number of ether oxygens (including phenoxy) is 4. The number of nitrogens with one attached hydrogen (secondary N) is 2. The number of carbonyl (C=O) groups is 2. The minimum Gasteiger partial charge on any atom is -0.490 e. The molecular weight excluding hydrogens is 683 g/mol. The van der Waals surface area contributed by atoms with Gasteiger partial charge in [-0.1, -0.05) is 6.92 Å². The lowest BCUT2D eigenvalue weighted by Crippen LogP contribution is -2.48. The molecule has 2 aliphatic heterocycles. The van der Waals surface area contributed by atoms with E-state index < -0.39 is 33.9 Å². The minimum atomic E-state index is -4.11. The molecule has 2 aliphatic rings. The Bertz CT molecular complexity index is 1790. The molecule has 13 nitrogen and oxygen atoms in total. The van der Waals surface area contributed by atoms with Crippen LogP contribution in [-0.2, 0) is 14.8 Å². The lowest BCUT2D eigenvalue weighted by molar-refractivity contribution is -0.0115. The number of carbonyl (C=O) groups excluding carboxylic acids is 2. The molecule has 3 amide bonds. The molecule has 51 heavy (non-hydrogen) atoms. The number of halogens is 1. The first-order chi connectivity index (χ1) is 24.3. The van der Waals surface area contributed by atoms with Crippen molar-refractivity contribution in [2.75, 3.05) is 50.2 Å². The van der Waals surface area contributed by atoms with E-state index in [-0.39, 0.29) is 66.4 Å². The van der Waals surface area contributed by atoms with Gasteiger partial charge in [-0.15, -0.1) is 0 Å². The van der Waals surface area contributed by atoms with Crippen LogP contribution in [0.3, 0.4) is 0 Å². The minimum absolute atomic E-state index is 0.100. The Labute approximate surface area is 297 Å². The van der Waals surface area contributed by atoms with Gasteiger partial charge in [0.15, 0.2) is 11.5 Å². The maximum absolute atomic E-state index is 14.4. The number of aliphatic hydroxyl groups excluding tert-OH is 1. The molecule has 0 radical (unpaired) electrons. The smallest absolute Gasteiger partial charge is 0.321 e. The molecule has 0 aliphatic carbocycles. The van der Waals surface area contributed by atoms with E-state index in [2.05, 4.69) is 10.0 Å². The van der Waals surface area contributed by atoms with Gasteiger partial charge in [0.05, 0.1) is 35.3 Å². The standard InChI is InChI=1S/C36H45FN4O9S/c1-23-19-41(24(2)21-42)35(43)30-17-28(39-51(45,46)29-12-8-26(37)9-13-29)11-14-31(30)50-25(3)7-5-6-16-47-34(23)20-40(4)36(44)38-27-10-15-32-33(18-27)49-22-48-32/h8-15,17-18,23-25,34,39,42H,5-7,16,19-22H2,1-4H3,(H,38,44)/t23-,24-,25-,34-/m1/s1. The molecule has 2 heterocycles. The number of hydrogen-bond donors (Lipinski definition) is 3. The molecule has 0 saturated heterocycles. The number of nitrogens with zero attached hydrogens (tertiary/aromatic N) is 2. The van der Waals surface area contributed by atoms with E-state index in [0.717, 1.165) is 37.1 Å². The second-order valence-corrected chi connectivity index (χ2v) is 14.6. The van der Waals surface area contributed by atoms with Crippen LogP contribution in [0.2, 0.25) is 0 Å². The first-order valence-electron chi connectivity index (χ1n) is 16.9. The van der Waals surface area contributed by atoms with Crippen molar-refractivity contribution in [2.45, 2.75) is 63.2 Å². The van der Waals surface area contributed by atoms with Crippen molar-refractivity contribution < 1.29 is 46.5 Å². The van der Waals surface area contributed by atoms with Crippen LogP contribution in [0.1, 0.15) is 50.4 Å². The van der Waals surface area contributed by atoms with Gasteiger partial charge in [-0.3, -0.25) is 9.52 Å². The third-order valence-corrected chi connectivity index (χ3v) is 10.2. The molecule has 0 spiro atoms. The summed E-state index contributed by atoms with van der Waals surface area (Å²) in [6, 6.07) is 13.0. The lowest BCUT2D eigenvalue weighted by atomic mass is 10.0. The van der Waals surface area contributed by atoms with Gasteiger partial charge in [0.1, 0.15) is 11.6 Å². The van der Waals surface area contributed by atoms with Gasteiger partial charge in [0.2, 0.25) is 6.79 Å². The number of sulfonamides is 1. The predicted octanol–water partition coefficient (Wildman–Crippen LogP) is 5.31. The van der Waals surface area contributed by atoms with Crippen molar-refractivity contribution in [1.82, 2.24) is 9.80 Å². The van der Waals surface area contributed by atoms with Gasteiger partial charge in [0.25, 0.3) is 15.9 Å². The molecular formula is C36H45FN4O9S. The van der Waals surface area contributed by atoms with Crippen LogP contribution in [0.15, 0.2) is 65.6 Å². The highest BCUT2D eigenvalue weighted by molar-refractivity contribution is 7.92. The average molecular weight is 729 g/mol. The summed E-state index contributed by atoms with van der Waals surface area (Å²) in [5.74, 6) is 0.0387. The van der Waals surface area contributed by atoms with Crippen LogP contribution in [0.4, 0.5) is 20.6 Å². The van der Waals surface area contributed by atoms with Crippen molar-refractivity contribution in [3.63, 3.8) is 0 Å². The molecule has 4 atom stereocenters. The predicted molar refractivity (Wildman–Crippen MR) is 188 cm³/mol. The summed E-state index contributed by atoms with van der Waals surface area (Å²) < 4.78 is 65.5. The molecule has 276 valence electrons. The first-order valence-corrected chi connectivity index (χ1v) is 18.4. The molecule has 3 aromatic rings. The highest BCUT2D eigenvalue weighted by Gasteiger charge is 2.31. The molecule has 15 heteroatoms. The van der Waals surface area contributed by atoms with E-state index in [1.807, 2.05) is 13.8 Å². The molecule has 3 aromatic carbocycles. The number of urea groups is 1. The van der Waals surface area contributed by atoms with Crippen molar-refractivity contribution in [2.24, 2.45) is 5.92 Å². The Balaban J connectivity index is 1.39. The fraction of sp³-hybridized carbons (Fsp3) is 0.444. The van der Waals surface area contributed by atoms with Gasteiger partial charge in [-0.05, 0) is 87.7 Å². The maximum Gasteiger partial charge on any atom is 0.321 e.